The smallest absolute Gasteiger partial charge is 0.265 e. The minimum Gasteiger partial charge on any atom is -0.286 e. The molecular formula is C28H48O3S. The molecule has 4 heteroatoms. The van der Waals surface area contributed by atoms with Gasteiger partial charge in [0, 0.05) is 0 Å². The Hall–Kier alpha value is -0.350. The van der Waals surface area contributed by atoms with E-state index in [-0.39, 0.29) is 17.1 Å². The number of hydrogen-bond acceptors (Lipinski definition) is 2. The maximum Gasteiger partial charge on any atom is 0.265 e. The van der Waals surface area contributed by atoms with E-state index in [1.807, 2.05) is 0 Å². The van der Waals surface area contributed by atoms with Crippen LogP contribution in [0, 0.1) is 52.3 Å². The van der Waals surface area contributed by atoms with Crippen molar-refractivity contribution in [3.8, 4) is 0 Å². The highest BCUT2D eigenvalue weighted by Gasteiger charge is 2.59. The SMILES string of the molecule is CC(C)CCC[C@@H](C)[C@H]1CC[C@H]2[C@@H]3CC=C4C[C@@H](CS(=O)(=O)O)CC[C@]4(C)[C@H]3CC[C@]12C. The monoisotopic (exact) mass is 464 g/mol. The Morgan fingerprint density at radius 3 is 2.47 bits per heavy atom. The summed E-state index contributed by atoms with van der Waals surface area (Å²) in [6.07, 6.45) is 16.4. The van der Waals surface area contributed by atoms with Crippen molar-refractivity contribution in [3.05, 3.63) is 11.6 Å². The summed E-state index contributed by atoms with van der Waals surface area (Å²) in [5.74, 6) is 5.04. The number of fused-ring (bicyclic) bond motifs is 5. The maximum absolute atomic E-state index is 11.4. The minimum atomic E-state index is -3.88. The molecule has 0 aromatic heterocycles. The topological polar surface area (TPSA) is 54.4 Å². The zero-order valence-electron chi connectivity index (χ0n) is 21.3. The Labute approximate surface area is 198 Å². The van der Waals surface area contributed by atoms with Crippen LogP contribution in [0.4, 0.5) is 0 Å². The van der Waals surface area contributed by atoms with Crippen LogP contribution >= 0.6 is 0 Å². The molecule has 0 bridgehead atoms. The molecule has 1 N–H and O–H groups in total. The van der Waals surface area contributed by atoms with Crippen LogP contribution in [0.3, 0.4) is 0 Å². The van der Waals surface area contributed by atoms with Crippen LogP contribution in [0.1, 0.15) is 105 Å². The molecule has 0 aliphatic heterocycles. The van der Waals surface area contributed by atoms with E-state index in [4.69, 9.17) is 0 Å². The molecule has 8 atom stereocenters. The highest BCUT2D eigenvalue weighted by atomic mass is 32.2. The molecule has 0 spiro atoms. The number of hydrogen-bond donors (Lipinski definition) is 1. The molecule has 4 rings (SSSR count). The third-order valence-corrected chi connectivity index (χ3v) is 11.7. The van der Waals surface area contributed by atoms with Gasteiger partial charge in [-0.25, -0.2) is 0 Å². The molecule has 0 amide bonds. The van der Waals surface area contributed by atoms with E-state index in [2.05, 4.69) is 40.7 Å². The van der Waals surface area contributed by atoms with E-state index in [1.54, 1.807) is 0 Å². The third-order valence-electron chi connectivity index (χ3n) is 10.9. The average molecular weight is 465 g/mol. The first-order chi connectivity index (χ1) is 14.9. The lowest BCUT2D eigenvalue weighted by Gasteiger charge is -2.58. The largest absolute Gasteiger partial charge is 0.286 e. The molecule has 184 valence electrons. The summed E-state index contributed by atoms with van der Waals surface area (Å²) in [6, 6.07) is 0. The van der Waals surface area contributed by atoms with Gasteiger partial charge in [0.05, 0.1) is 5.75 Å². The van der Waals surface area contributed by atoms with Crippen LogP contribution in [-0.4, -0.2) is 18.7 Å². The predicted molar refractivity (Wildman–Crippen MR) is 133 cm³/mol. The molecule has 0 aromatic carbocycles. The third kappa shape index (κ3) is 4.61. The van der Waals surface area contributed by atoms with E-state index in [1.165, 1.54) is 56.9 Å². The van der Waals surface area contributed by atoms with E-state index in [9.17, 15) is 13.0 Å². The van der Waals surface area contributed by atoms with Crippen LogP contribution in [0.2, 0.25) is 0 Å². The fourth-order valence-corrected chi connectivity index (χ4v) is 10.1. The summed E-state index contributed by atoms with van der Waals surface area (Å²) in [4.78, 5) is 0. The van der Waals surface area contributed by atoms with E-state index < -0.39 is 10.1 Å². The Bertz CT molecular complexity index is 815. The number of rotatable bonds is 7. The van der Waals surface area contributed by atoms with Crippen molar-refractivity contribution < 1.29 is 13.0 Å². The molecule has 0 heterocycles. The molecule has 4 aliphatic carbocycles. The molecule has 0 radical (unpaired) electrons. The average Bonchev–Trinajstić information content (AvgIpc) is 3.04. The van der Waals surface area contributed by atoms with Crippen LogP contribution in [-0.2, 0) is 10.1 Å². The molecule has 32 heavy (non-hydrogen) atoms. The van der Waals surface area contributed by atoms with Gasteiger partial charge in [-0.05, 0) is 104 Å². The zero-order valence-corrected chi connectivity index (χ0v) is 22.1. The van der Waals surface area contributed by atoms with Gasteiger partial charge < -0.3 is 0 Å². The molecule has 0 aromatic rings. The Morgan fingerprint density at radius 2 is 1.78 bits per heavy atom. The van der Waals surface area contributed by atoms with E-state index in [0.29, 0.717) is 5.41 Å². The summed E-state index contributed by atoms with van der Waals surface area (Å²) in [6.45, 7) is 12.4. The molecular weight excluding hydrogens is 416 g/mol. The van der Waals surface area contributed by atoms with Gasteiger partial charge in [0.15, 0.2) is 0 Å². The summed E-state index contributed by atoms with van der Waals surface area (Å²) in [5.41, 5.74) is 2.28. The summed E-state index contributed by atoms with van der Waals surface area (Å²) in [7, 11) is -3.88. The second-order valence-electron chi connectivity index (χ2n) is 13.1. The Morgan fingerprint density at radius 1 is 1.03 bits per heavy atom. The van der Waals surface area contributed by atoms with Crippen molar-refractivity contribution in [1.29, 1.82) is 0 Å². The van der Waals surface area contributed by atoms with Crippen molar-refractivity contribution in [3.63, 3.8) is 0 Å². The van der Waals surface area contributed by atoms with Gasteiger partial charge in [-0.1, -0.05) is 65.5 Å². The summed E-state index contributed by atoms with van der Waals surface area (Å²) in [5, 5.41) is 0. The summed E-state index contributed by atoms with van der Waals surface area (Å²) < 4.78 is 32.2. The van der Waals surface area contributed by atoms with Gasteiger partial charge in [-0.3, -0.25) is 4.55 Å². The van der Waals surface area contributed by atoms with Crippen LogP contribution < -0.4 is 0 Å². The molecule has 0 saturated heterocycles. The standard InChI is InChI=1S/C28H48O3S/c1-19(2)7-6-8-20(3)24-11-12-25-23-10-9-22-17-21(18-32(29,30)31)13-15-27(22,4)26(23)14-16-28(24,25)5/h9,19-21,23-26H,6-8,10-18H2,1-5H3,(H,29,30,31)/t20-,21+,23+,24-,25+,26+,27+,28-/m1/s1. The van der Waals surface area contributed by atoms with E-state index >= 15 is 0 Å². The highest BCUT2D eigenvalue weighted by molar-refractivity contribution is 7.85. The minimum absolute atomic E-state index is 0.0639. The molecule has 4 aliphatic rings. The van der Waals surface area contributed by atoms with Gasteiger partial charge in [0.2, 0.25) is 0 Å². The molecule has 3 saturated carbocycles. The summed E-state index contributed by atoms with van der Waals surface area (Å²) >= 11 is 0. The number of allylic oxidation sites excluding steroid dienone is 2. The van der Waals surface area contributed by atoms with Crippen LogP contribution in [0.15, 0.2) is 11.6 Å². The predicted octanol–water partition coefficient (Wildman–Crippen LogP) is 7.53. The van der Waals surface area contributed by atoms with Gasteiger partial charge in [0.1, 0.15) is 0 Å². The lowest BCUT2D eigenvalue weighted by Crippen LogP contribution is -2.50. The van der Waals surface area contributed by atoms with Crippen molar-refractivity contribution in [2.24, 2.45) is 52.3 Å². The van der Waals surface area contributed by atoms with Crippen molar-refractivity contribution >= 4 is 10.1 Å². The van der Waals surface area contributed by atoms with Gasteiger partial charge in [-0.15, -0.1) is 0 Å². The first kappa shape index (κ1) is 24.8. The Kier molecular flexibility index (Phi) is 6.98. The van der Waals surface area contributed by atoms with Gasteiger partial charge in [-0.2, -0.15) is 8.42 Å². The van der Waals surface area contributed by atoms with Crippen LogP contribution in [0.25, 0.3) is 0 Å². The lowest BCUT2D eigenvalue weighted by molar-refractivity contribution is -0.0522. The van der Waals surface area contributed by atoms with Crippen LogP contribution in [0.5, 0.6) is 0 Å². The fraction of sp³-hybridized carbons (Fsp3) is 0.929. The first-order valence-corrected chi connectivity index (χ1v) is 15.2. The quantitative estimate of drug-likeness (QED) is 0.313. The first-order valence-electron chi connectivity index (χ1n) is 13.6. The fourth-order valence-electron chi connectivity index (χ4n) is 9.20. The highest BCUT2D eigenvalue weighted by Crippen LogP contribution is 2.67. The Balaban J connectivity index is 1.47. The second-order valence-corrected chi connectivity index (χ2v) is 14.6. The second kappa shape index (κ2) is 9.02. The maximum atomic E-state index is 11.4. The molecule has 3 fully saturated rings. The van der Waals surface area contributed by atoms with E-state index in [0.717, 1.165) is 54.8 Å². The zero-order chi connectivity index (χ0) is 23.3. The van der Waals surface area contributed by atoms with Gasteiger partial charge in [0.25, 0.3) is 10.1 Å². The molecule has 3 nitrogen and oxygen atoms in total. The van der Waals surface area contributed by atoms with Crippen molar-refractivity contribution in [2.75, 3.05) is 5.75 Å². The lowest BCUT2D eigenvalue weighted by atomic mass is 9.46. The van der Waals surface area contributed by atoms with Gasteiger partial charge >= 0.3 is 0 Å². The molecule has 0 unspecified atom stereocenters. The van der Waals surface area contributed by atoms with Crippen molar-refractivity contribution in [1.82, 2.24) is 0 Å². The normalized spacial score (nSPS) is 42.7. The van der Waals surface area contributed by atoms with Crippen molar-refractivity contribution in [2.45, 2.75) is 105 Å².